The molecule has 0 aliphatic rings. The maximum atomic E-state index is 13.4. The van der Waals surface area contributed by atoms with Gasteiger partial charge < -0.3 is 24.8 Å². The van der Waals surface area contributed by atoms with E-state index in [2.05, 4.69) is 15.6 Å². The molecule has 0 fully saturated rings. The lowest BCUT2D eigenvalue weighted by Gasteiger charge is -2.17. The van der Waals surface area contributed by atoms with Crippen molar-refractivity contribution >= 4 is 5.96 Å². The monoisotopic (exact) mass is 375 g/mol. The fraction of sp³-hybridized carbons (Fsp3) is 0.350. The van der Waals surface area contributed by atoms with Gasteiger partial charge in [-0.3, -0.25) is 4.99 Å². The second kappa shape index (κ2) is 9.66. The molecule has 0 aromatic heterocycles. The van der Waals surface area contributed by atoms with Crippen LogP contribution in [0.5, 0.6) is 17.2 Å². The Labute approximate surface area is 159 Å². The van der Waals surface area contributed by atoms with Gasteiger partial charge in [0.05, 0.1) is 21.3 Å². The van der Waals surface area contributed by atoms with Crippen molar-refractivity contribution in [2.75, 3.05) is 28.4 Å². The second-order valence-electron chi connectivity index (χ2n) is 5.86. The minimum atomic E-state index is -0.207. The van der Waals surface area contributed by atoms with E-state index < -0.39 is 0 Å². The van der Waals surface area contributed by atoms with Gasteiger partial charge in [-0.1, -0.05) is 12.1 Å². The van der Waals surface area contributed by atoms with E-state index in [0.717, 1.165) is 11.1 Å². The molecule has 0 heterocycles. The molecule has 2 aromatic rings. The first-order chi connectivity index (χ1) is 13.0. The van der Waals surface area contributed by atoms with E-state index >= 15 is 0 Å². The van der Waals surface area contributed by atoms with Crippen molar-refractivity contribution < 1.29 is 18.6 Å². The third-order valence-electron chi connectivity index (χ3n) is 4.14. The number of nitrogens with one attached hydrogen (secondary N) is 2. The minimum absolute atomic E-state index is 0.207. The van der Waals surface area contributed by atoms with E-state index in [1.807, 2.05) is 18.2 Å². The van der Waals surface area contributed by atoms with Gasteiger partial charge in [-0.15, -0.1) is 0 Å². The number of rotatable bonds is 7. The summed E-state index contributed by atoms with van der Waals surface area (Å²) in [5, 5.41) is 6.44. The summed E-state index contributed by atoms with van der Waals surface area (Å²) in [7, 11) is 6.43. The lowest BCUT2D eigenvalue weighted by molar-refractivity contribution is 0.322. The van der Waals surface area contributed by atoms with Gasteiger partial charge in [0.15, 0.2) is 17.5 Å². The second-order valence-corrected chi connectivity index (χ2v) is 5.86. The standard InChI is InChI=1S/C20H26FN3O3/c1-13-10-14(6-8-16(13)21)11-23-20(22-2)24-12-15-7-9-17(25-3)19(27-5)18(15)26-4/h6-10H,11-12H2,1-5H3,(H2,22,23,24). The van der Waals surface area contributed by atoms with E-state index in [1.165, 1.54) is 6.07 Å². The van der Waals surface area contributed by atoms with Gasteiger partial charge in [-0.2, -0.15) is 0 Å². The van der Waals surface area contributed by atoms with Crippen molar-refractivity contribution in [1.29, 1.82) is 0 Å². The Hall–Kier alpha value is -2.96. The molecule has 0 amide bonds. The molecular formula is C20H26FN3O3. The van der Waals surface area contributed by atoms with Crippen molar-refractivity contribution in [3.8, 4) is 17.2 Å². The predicted octanol–water partition coefficient (Wildman–Crippen LogP) is 3.03. The summed E-state index contributed by atoms with van der Waals surface area (Å²) >= 11 is 0. The van der Waals surface area contributed by atoms with Crippen LogP contribution in [0.15, 0.2) is 35.3 Å². The number of hydrogen-bond donors (Lipinski definition) is 2. The molecule has 2 aromatic carbocycles. The summed E-state index contributed by atoms with van der Waals surface area (Å²) in [5.74, 6) is 2.17. The summed E-state index contributed by atoms with van der Waals surface area (Å²) in [6, 6.07) is 8.77. The van der Waals surface area contributed by atoms with Crippen LogP contribution in [0.4, 0.5) is 4.39 Å². The summed E-state index contributed by atoms with van der Waals surface area (Å²) in [6.45, 7) is 2.75. The van der Waals surface area contributed by atoms with Crippen molar-refractivity contribution in [2.45, 2.75) is 20.0 Å². The highest BCUT2D eigenvalue weighted by Gasteiger charge is 2.15. The smallest absolute Gasteiger partial charge is 0.203 e. The Kier molecular flexibility index (Phi) is 7.28. The van der Waals surface area contributed by atoms with Crippen molar-refractivity contribution in [3.05, 3.63) is 52.8 Å². The largest absolute Gasteiger partial charge is 0.493 e. The zero-order valence-electron chi connectivity index (χ0n) is 16.4. The van der Waals surface area contributed by atoms with Crippen LogP contribution in [-0.2, 0) is 13.1 Å². The molecule has 0 atom stereocenters. The molecule has 0 aliphatic carbocycles. The number of nitrogens with zero attached hydrogens (tertiary/aromatic N) is 1. The molecule has 6 nitrogen and oxygen atoms in total. The maximum absolute atomic E-state index is 13.4. The maximum Gasteiger partial charge on any atom is 0.203 e. The fourth-order valence-corrected chi connectivity index (χ4v) is 2.70. The lowest BCUT2D eigenvalue weighted by atomic mass is 10.1. The van der Waals surface area contributed by atoms with Crippen LogP contribution in [0.2, 0.25) is 0 Å². The number of benzene rings is 2. The third-order valence-corrected chi connectivity index (χ3v) is 4.14. The number of hydrogen-bond acceptors (Lipinski definition) is 4. The molecule has 2 N–H and O–H groups in total. The van der Waals surface area contributed by atoms with Gasteiger partial charge >= 0.3 is 0 Å². The highest BCUT2D eigenvalue weighted by Crippen LogP contribution is 2.39. The number of aliphatic imine (C=N–C) groups is 1. The molecular weight excluding hydrogens is 349 g/mol. The molecule has 2 rings (SSSR count). The minimum Gasteiger partial charge on any atom is -0.493 e. The average Bonchev–Trinajstić information content (AvgIpc) is 2.69. The van der Waals surface area contributed by atoms with Gasteiger partial charge in [-0.25, -0.2) is 4.39 Å². The van der Waals surface area contributed by atoms with E-state index in [4.69, 9.17) is 14.2 Å². The summed E-state index contributed by atoms with van der Waals surface area (Å²) in [6.07, 6.45) is 0. The Morgan fingerprint density at radius 2 is 1.67 bits per heavy atom. The van der Waals surface area contributed by atoms with E-state index in [-0.39, 0.29) is 5.82 Å². The molecule has 146 valence electrons. The molecule has 0 radical (unpaired) electrons. The van der Waals surface area contributed by atoms with Crippen molar-refractivity contribution in [1.82, 2.24) is 10.6 Å². The number of ether oxygens (including phenoxy) is 3. The SMILES string of the molecule is CN=C(NCc1ccc(F)c(C)c1)NCc1ccc(OC)c(OC)c1OC. The van der Waals surface area contributed by atoms with Crippen LogP contribution in [0.1, 0.15) is 16.7 Å². The van der Waals surface area contributed by atoms with Crippen LogP contribution < -0.4 is 24.8 Å². The number of halogens is 1. The summed E-state index contributed by atoms with van der Waals surface area (Å²) in [4.78, 5) is 4.21. The quantitative estimate of drug-likeness (QED) is 0.575. The summed E-state index contributed by atoms with van der Waals surface area (Å²) in [5.41, 5.74) is 2.49. The van der Waals surface area contributed by atoms with Gasteiger partial charge in [0.1, 0.15) is 5.82 Å². The molecule has 0 bridgehead atoms. The summed E-state index contributed by atoms with van der Waals surface area (Å²) < 4.78 is 29.6. The first kappa shape index (κ1) is 20.4. The van der Waals surface area contributed by atoms with Crippen LogP contribution in [-0.4, -0.2) is 34.3 Å². The molecule has 0 unspecified atom stereocenters. The van der Waals surface area contributed by atoms with Gasteiger partial charge in [0.2, 0.25) is 5.75 Å². The van der Waals surface area contributed by atoms with Crippen LogP contribution >= 0.6 is 0 Å². The third kappa shape index (κ3) is 5.03. The lowest BCUT2D eigenvalue weighted by Crippen LogP contribution is -2.36. The molecule has 27 heavy (non-hydrogen) atoms. The van der Waals surface area contributed by atoms with Crippen molar-refractivity contribution in [2.24, 2.45) is 4.99 Å². The van der Waals surface area contributed by atoms with Gasteiger partial charge in [0.25, 0.3) is 0 Å². The average molecular weight is 375 g/mol. The number of methoxy groups -OCH3 is 3. The molecule has 0 saturated heterocycles. The van der Waals surface area contributed by atoms with Crippen LogP contribution in [0.3, 0.4) is 0 Å². The highest BCUT2D eigenvalue weighted by molar-refractivity contribution is 5.79. The normalized spacial score (nSPS) is 11.1. The van der Waals surface area contributed by atoms with E-state index in [0.29, 0.717) is 41.9 Å². The van der Waals surface area contributed by atoms with Crippen molar-refractivity contribution in [3.63, 3.8) is 0 Å². The van der Waals surface area contributed by atoms with Crippen LogP contribution in [0, 0.1) is 12.7 Å². The zero-order chi connectivity index (χ0) is 19.8. The number of guanidine groups is 1. The first-order valence-electron chi connectivity index (χ1n) is 8.51. The fourth-order valence-electron chi connectivity index (χ4n) is 2.70. The molecule has 0 spiro atoms. The number of aryl methyl sites for hydroxylation is 1. The van der Waals surface area contributed by atoms with Crippen LogP contribution in [0.25, 0.3) is 0 Å². The zero-order valence-corrected chi connectivity index (χ0v) is 16.4. The molecule has 7 heteroatoms. The molecule has 0 saturated carbocycles. The Balaban J connectivity index is 2.04. The predicted molar refractivity (Wildman–Crippen MR) is 104 cm³/mol. The van der Waals surface area contributed by atoms with Gasteiger partial charge in [0, 0.05) is 25.7 Å². The Morgan fingerprint density at radius 1 is 0.963 bits per heavy atom. The Morgan fingerprint density at radius 3 is 2.26 bits per heavy atom. The van der Waals surface area contributed by atoms with Gasteiger partial charge in [-0.05, 0) is 36.2 Å². The molecule has 0 aliphatic heterocycles. The Bertz CT molecular complexity index is 809. The topological polar surface area (TPSA) is 64.1 Å². The van der Waals surface area contributed by atoms with E-state index in [9.17, 15) is 4.39 Å². The highest BCUT2D eigenvalue weighted by atomic mass is 19.1. The van der Waals surface area contributed by atoms with E-state index in [1.54, 1.807) is 41.4 Å². The first-order valence-corrected chi connectivity index (χ1v) is 8.51.